The molecular formula is C12H22N4. The molecule has 0 saturated carbocycles. The molecule has 1 unspecified atom stereocenters. The molecule has 1 N–H and O–H groups in total. The van der Waals surface area contributed by atoms with E-state index in [4.69, 9.17) is 0 Å². The first-order chi connectivity index (χ1) is 7.58. The van der Waals surface area contributed by atoms with Crippen LogP contribution in [0.4, 0.5) is 11.8 Å². The first-order valence-electron chi connectivity index (χ1n) is 5.90. The zero-order chi connectivity index (χ0) is 12.1. The summed E-state index contributed by atoms with van der Waals surface area (Å²) in [5, 5.41) is 3.15. The van der Waals surface area contributed by atoms with E-state index in [9.17, 15) is 0 Å². The van der Waals surface area contributed by atoms with Crippen molar-refractivity contribution in [1.82, 2.24) is 9.97 Å². The van der Waals surface area contributed by atoms with Gasteiger partial charge in [0.25, 0.3) is 0 Å². The van der Waals surface area contributed by atoms with Crippen LogP contribution in [0.25, 0.3) is 0 Å². The molecule has 0 saturated heterocycles. The van der Waals surface area contributed by atoms with Gasteiger partial charge in [-0.05, 0) is 27.2 Å². The molecule has 16 heavy (non-hydrogen) atoms. The molecule has 1 heterocycles. The number of hydrogen-bond acceptors (Lipinski definition) is 4. The van der Waals surface area contributed by atoms with Crippen LogP contribution in [0.3, 0.4) is 0 Å². The number of nitrogens with zero attached hydrogens (tertiary/aromatic N) is 3. The van der Waals surface area contributed by atoms with Gasteiger partial charge in [-0.3, -0.25) is 0 Å². The maximum Gasteiger partial charge on any atom is 0.224 e. The molecule has 0 aliphatic rings. The third-order valence-corrected chi connectivity index (χ3v) is 2.79. The molecule has 0 spiro atoms. The number of anilines is 2. The fraction of sp³-hybridized carbons (Fsp3) is 0.667. The van der Waals surface area contributed by atoms with Gasteiger partial charge in [-0.15, -0.1) is 0 Å². The number of hydrogen-bond donors (Lipinski definition) is 1. The Labute approximate surface area is 98.1 Å². The second-order valence-corrected chi connectivity index (χ2v) is 4.09. The number of aryl methyl sites for hydroxylation is 1. The van der Waals surface area contributed by atoms with Gasteiger partial charge in [0.05, 0.1) is 0 Å². The summed E-state index contributed by atoms with van der Waals surface area (Å²) in [6.45, 7) is 9.26. The van der Waals surface area contributed by atoms with Crippen LogP contribution in [0.5, 0.6) is 0 Å². The molecule has 4 heteroatoms. The van der Waals surface area contributed by atoms with E-state index in [0.29, 0.717) is 12.0 Å². The monoisotopic (exact) mass is 222 g/mol. The second kappa shape index (κ2) is 5.68. The first-order valence-corrected chi connectivity index (χ1v) is 5.90. The topological polar surface area (TPSA) is 41.1 Å². The van der Waals surface area contributed by atoms with Gasteiger partial charge in [-0.25, -0.2) is 4.98 Å². The molecule has 0 radical (unpaired) electrons. The van der Waals surface area contributed by atoms with Crippen molar-refractivity contribution < 1.29 is 0 Å². The van der Waals surface area contributed by atoms with Gasteiger partial charge < -0.3 is 10.2 Å². The number of nitrogens with one attached hydrogen (secondary N) is 1. The van der Waals surface area contributed by atoms with Gasteiger partial charge in [0.2, 0.25) is 5.95 Å². The minimum atomic E-state index is 0.490. The largest absolute Gasteiger partial charge is 0.357 e. The van der Waals surface area contributed by atoms with Gasteiger partial charge in [0.1, 0.15) is 5.82 Å². The van der Waals surface area contributed by atoms with Crippen LogP contribution in [0.1, 0.15) is 32.9 Å². The van der Waals surface area contributed by atoms with E-state index in [0.717, 1.165) is 24.5 Å². The lowest BCUT2D eigenvalue weighted by molar-refractivity contribution is 0.656. The number of rotatable bonds is 5. The van der Waals surface area contributed by atoms with Crippen molar-refractivity contribution in [2.75, 3.05) is 23.8 Å². The highest BCUT2D eigenvalue weighted by molar-refractivity contribution is 5.44. The third-order valence-electron chi connectivity index (χ3n) is 2.79. The van der Waals surface area contributed by atoms with Gasteiger partial charge in [-0.1, -0.05) is 6.92 Å². The SMILES string of the molecule is CCNc1nc(C)cc(N(C)C(C)CC)n1. The Balaban J connectivity index is 2.94. The summed E-state index contributed by atoms with van der Waals surface area (Å²) in [5.41, 5.74) is 0.996. The minimum absolute atomic E-state index is 0.490. The van der Waals surface area contributed by atoms with Crippen LogP contribution < -0.4 is 10.2 Å². The highest BCUT2D eigenvalue weighted by Crippen LogP contribution is 2.16. The Hall–Kier alpha value is -1.32. The minimum Gasteiger partial charge on any atom is -0.357 e. The molecule has 1 aromatic rings. The van der Waals surface area contributed by atoms with Gasteiger partial charge in [0, 0.05) is 31.4 Å². The quantitative estimate of drug-likeness (QED) is 0.831. The van der Waals surface area contributed by atoms with E-state index in [2.05, 4.69) is 41.1 Å². The summed E-state index contributed by atoms with van der Waals surface area (Å²) >= 11 is 0. The van der Waals surface area contributed by atoms with Crippen LogP contribution >= 0.6 is 0 Å². The van der Waals surface area contributed by atoms with E-state index in [-0.39, 0.29) is 0 Å². The highest BCUT2D eigenvalue weighted by atomic mass is 15.2. The Bertz CT molecular complexity index is 338. The number of aromatic nitrogens is 2. The van der Waals surface area contributed by atoms with Crippen molar-refractivity contribution >= 4 is 11.8 Å². The lowest BCUT2D eigenvalue weighted by Gasteiger charge is -2.25. The summed E-state index contributed by atoms with van der Waals surface area (Å²) in [7, 11) is 2.08. The zero-order valence-corrected chi connectivity index (χ0v) is 10.9. The Morgan fingerprint density at radius 1 is 1.38 bits per heavy atom. The fourth-order valence-corrected chi connectivity index (χ4v) is 1.47. The lowest BCUT2D eigenvalue weighted by atomic mass is 10.2. The van der Waals surface area contributed by atoms with Crippen LogP contribution in [-0.2, 0) is 0 Å². The molecule has 0 amide bonds. The fourth-order valence-electron chi connectivity index (χ4n) is 1.47. The van der Waals surface area contributed by atoms with Crippen molar-refractivity contribution in [2.24, 2.45) is 0 Å². The van der Waals surface area contributed by atoms with E-state index >= 15 is 0 Å². The first kappa shape index (κ1) is 12.7. The van der Waals surface area contributed by atoms with E-state index in [1.807, 2.05) is 19.9 Å². The van der Waals surface area contributed by atoms with E-state index < -0.39 is 0 Å². The maximum atomic E-state index is 4.50. The van der Waals surface area contributed by atoms with Crippen molar-refractivity contribution in [3.05, 3.63) is 11.8 Å². The Kier molecular flexibility index (Phi) is 4.52. The summed E-state index contributed by atoms with van der Waals surface area (Å²) in [6.07, 6.45) is 1.11. The highest BCUT2D eigenvalue weighted by Gasteiger charge is 2.11. The van der Waals surface area contributed by atoms with Crippen molar-refractivity contribution in [3.8, 4) is 0 Å². The van der Waals surface area contributed by atoms with Gasteiger partial charge >= 0.3 is 0 Å². The summed E-state index contributed by atoms with van der Waals surface area (Å²) in [4.78, 5) is 11.0. The van der Waals surface area contributed by atoms with E-state index in [1.165, 1.54) is 0 Å². The van der Waals surface area contributed by atoms with Crippen LogP contribution in [0, 0.1) is 6.92 Å². The van der Waals surface area contributed by atoms with Crippen LogP contribution in [-0.4, -0.2) is 29.6 Å². The zero-order valence-electron chi connectivity index (χ0n) is 10.9. The second-order valence-electron chi connectivity index (χ2n) is 4.09. The molecule has 0 aliphatic carbocycles. The third kappa shape index (κ3) is 3.08. The predicted octanol–water partition coefficient (Wildman–Crippen LogP) is 2.45. The molecule has 0 aliphatic heterocycles. The van der Waals surface area contributed by atoms with Gasteiger partial charge in [0.15, 0.2) is 0 Å². The average molecular weight is 222 g/mol. The molecule has 1 rings (SSSR count). The smallest absolute Gasteiger partial charge is 0.224 e. The summed E-state index contributed by atoms with van der Waals surface area (Å²) in [6, 6.07) is 2.51. The molecule has 0 fully saturated rings. The Morgan fingerprint density at radius 2 is 2.06 bits per heavy atom. The van der Waals surface area contributed by atoms with Crippen molar-refractivity contribution in [3.63, 3.8) is 0 Å². The van der Waals surface area contributed by atoms with E-state index in [1.54, 1.807) is 0 Å². The lowest BCUT2D eigenvalue weighted by Crippen LogP contribution is -2.29. The standard InChI is InChI=1S/C12H22N4/c1-6-10(4)16(5)11-8-9(3)14-12(15-11)13-7-2/h8,10H,6-7H2,1-5H3,(H,13,14,15). The predicted molar refractivity (Wildman–Crippen MR) is 69.1 cm³/mol. The normalized spacial score (nSPS) is 12.3. The molecule has 1 aromatic heterocycles. The van der Waals surface area contributed by atoms with Gasteiger partial charge in [-0.2, -0.15) is 4.98 Å². The maximum absolute atomic E-state index is 4.50. The molecule has 4 nitrogen and oxygen atoms in total. The Morgan fingerprint density at radius 3 is 2.62 bits per heavy atom. The van der Waals surface area contributed by atoms with Crippen molar-refractivity contribution in [2.45, 2.75) is 40.2 Å². The molecule has 0 aromatic carbocycles. The van der Waals surface area contributed by atoms with Crippen LogP contribution in [0.15, 0.2) is 6.07 Å². The summed E-state index contributed by atoms with van der Waals surface area (Å²) < 4.78 is 0. The molecule has 1 atom stereocenters. The summed E-state index contributed by atoms with van der Waals surface area (Å²) in [5.74, 6) is 1.70. The molecule has 90 valence electrons. The van der Waals surface area contributed by atoms with Crippen LogP contribution in [0.2, 0.25) is 0 Å². The van der Waals surface area contributed by atoms with Crippen molar-refractivity contribution in [1.29, 1.82) is 0 Å². The average Bonchev–Trinajstić information content (AvgIpc) is 2.26. The molecular weight excluding hydrogens is 200 g/mol. The molecule has 0 bridgehead atoms.